The van der Waals surface area contributed by atoms with Crippen LogP contribution in [0.25, 0.3) is 0 Å². The molecule has 1 atom stereocenters. The van der Waals surface area contributed by atoms with Crippen molar-refractivity contribution in [1.29, 1.82) is 0 Å². The Kier molecular flexibility index (Phi) is 8.69. The minimum Gasteiger partial charge on any atom is -0.311 e. The van der Waals surface area contributed by atoms with Crippen LogP contribution in [0.5, 0.6) is 0 Å². The van der Waals surface area contributed by atoms with Crippen molar-refractivity contribution in [3.8, 4) is 0 Å². The molecule has 1 rings (SSSR count). The van der Waals surface area contributed by atoms with E-state index in [1.54, 1.807) is 0 Å². The molecule has 76 valence electrons. The first kappa shape index (κ1) is 15.0. The fraction of sp³-hybridized carbons (Fsp3) is 1.00. The molecule has 12 heavy (non-hydrogen) atoms. The second-order valence-electron chi connectivity index (χ2n) is 3.57. The third-order valence-corrected chi connectivity index (χ3v) is 2.21. The number of hydrogen-bond acceptors (Lipinski definition) is 2. The van der Waals surface area contributed by atoms with E-state index in [9.17, 15) is 0 Å². The van der Waals surface area contributed by atoms with Gasteiger partial charge in [-0.25, -0.2) is 0 Å². The molecule has 1 aliphatic rings. The van der Waals surface area contributed by atoms with E-state index in [4.69, 9.17) is 0 Å². The maximum atomic E-state index is 3.51. The van der Waals surface area contributed by atoms with E-state index in [1.165, 1.54) is 13.1 Å². The van der Waals surface area contributed by atoms with E-state index in [0.717, 1.165) is 12.5 Å². The van der Waals surface area contributed by atoms with Gasteiger partial charge in [0.15, 0.2) is 0 Å². The van der Waals surface area contributed by atoms with E-state index >= 15 is 0 Å². The fourth-order valence-electron chi connectivity index (χ4n) is 1.38. The molecule has 0 spiro atoms. The molecule has 1 aliphatic heterocycles. The van der Waals surface area contributed by atoms with E-state index in [2.05, 4.69) is 31.1 Å². The summed E-state index contributed by atoms with van der Waals surface area (Å²) in [6.07, 6.45) is 0. The van der Waals surface area contributed by atoms with Crippen LogP contribution < -0.4 is 5.32 Å². The van der Waals surface area contributed by atoms with Crippen molar-refractivity contribution in [2.75, 3.05) is 26.7 Å². The molecule has 0 bridgehead atoms. The van der Waals surface area contributed by atoms with Gasteiger partial charge in [-0.05, 0) is 13.0 Å². The number of halogens is 2. The summed E-state index contributed by atoms with van der Waals surface area (Å²) in [5.74, 6) is 0.766. The molecule has 0 radical (unpaired) electrons. The van der Waals surface area contributed by atoms with Crippen LogP contribution in [0.1, 0.15) is 13.8 Å². The lowest BCUT2D eigenvalue weighted by molar-refractivity contribution is 0.207. The second kappa shape index (κ2) is 6.96. The van der Waals surface area contributed by atoms with Gasteiger partial charge < -0.3 is 10.2 Å². The summed E-state index contributed by atoms with van der Waals surface area (Å²) in [4.78, 5) is 2.39. The van der Waals surface area contributed by atoms with Gasteiger partial charge in [0.05, 0.1) is 0 Å². The lowest BCUT2D eigenvalue weighted by Crippen LogP contribution is -2.51. The highest BCUT2D eigenvalue weighted by Gasteiger charge is 2.18. The Morgan fingerprint density at radius 2 is 1.92 bits per heavy atom. The minimum atomic E-state index is 0. The predicted molar refractivity (Wildman–Crippen MR) is 58.6 cm³/mol. The van der Waals surface area contributed by atoms with Crippen molar-refractivity contribution in [3.63, 3.8) is 0 Å². The highest BCUT2D eigenvalue weighted by Crippen LogP contribution is 2.05. The number of hydrogen-bond donors (Lipinski definition) is 1. The Bertz CT molecular complexity index is 109. The molecule has 0 unspecified atom stereocenters. The molecule has 0 aromatic heterocycles. The lowest BCUT2D eigenvalue weighted by atomic mass is 10.0. The molecule has 0 aromatic rings. The highest BCUT2D eigenvalue weighted by molar-refractivity contribution is 5.85. The summed E-state index contributed by atoms with van der Waals surface area (Å²) >= 11 is 0. The van der Waals surface area contributed by atoms with Gasteiger partial charge in [-0.3, -0.25) is 0 Å². The lowest BCUT2D eigenvalue weighted by Gasteiger charge is -2.33. The number of nitrogens with one attached hydrogen (secondary N) is 1. The normalized spacial score (nSPS) is 24.5. The highest BCUT2D eigenvalue weighted by atomic mass is 35.5. The van der Waals surface area contributed by atoms with Crippen molar-refractivity contribution in [2.45, 2.75) is 19.9 Å². The van der Waals surface area contributed by atoms with Crippen molar-refractivity contribution >= 4 is 24.8 Å². The topological polar surface area (TPSA) is 15.3 Å². The molecule has 1 heterocycles. The fourth-order valence-corrected chi connectivity index (χ4v) is 1.38. The van der Waals surface area contributed by atoms with Crippen molar-refractivity contribution < 1.29 is 0 Å². The Labute approximate surface area is 87.9 Å². The van der Waals surface area contributed by atoms with Crippen LogP contribution in [0.3, 0.4) is 0 Å². The summed E-state index contributed by atoms with van der Waals surface area (Å²) in [5, 5.41) is 3.51. The smallest absolute Gasteiger partial charge is 0.0218 e. The molecular weight excluding hydrogens is 195 g/mol. The summed E-state index contributed by atoms with van der Waals surface area (Å²) in [7, 11) is 2.19. The predicted octanol–water partition coefficient (Wildman–Crippen LogP) is 1.39. The van der Waals surface area contributed by atoms with E-state index in [1.807, 2.05) is 0 Å². The molecule has 0 saturated carbocycles. The SMILES string of the molecule is CC(C)[C@@H]1CN(C)CCN1.Cl.Cl. The Hall–Kier alpha value is 0.500. The first-order valence-corrected chi connectivity index (χ1v) is 4.12. The number of nitrogens with zero attached hydrogens (tertiary/aromatic N) is 1. The maximum absolute atomic E-state index is 3.51. The number of rotatable bonds is 1. The zero-order valence-electron chi connectivity index (χ0n) is 8.04. The molecule has 0 aliphatic carbocycles. The Morgan fingerprint density at radius 3 is 2.25 bits per heavy atom. The van der Waals surface area contributed by atoms with Gasteiger partial charge in [-0.15, -0.1) is 24.8 Å². The Morgan fingerprint density at radius 1 is 1.33 bits per heavy atom. The van der Waals surface area contributed by atoms with Crippen LogP contribution in [0.4, 0.5) is 0 Å². The van der Waals surface area contributed by atoms with E-state index in [0.29, 0.717) is 6.04 Å². The average Bonchev–Trinajstić information content (AvgIpc) is 1.88. The summed E-state index contributed by atoms with van der Waals surface area (Å²) in [5.41, 5.74) is 0. The largest absolute Gasteiger partial charge is 0.311 e. The standard InChI is InChI=1S/C8H18N2.2ClH/c1-7(2)8-6-10(3)5-4-9-8;;/h7-9H,4-6H2,1-3H3;2*1H/t8-;;/m0../s1. The second-order valence-corrected chi connectivity index (χ2v) is 3.57. The van der Waals surface area contributed by atoms with Crippen LogP contribution in [0.15, 0.2) is 0 Å². The molecular formula is C8H20Cl2N2. The van der Waals surface area contributed by atoms with E-state index in [-0.39, 0.29) is 24.8 Å². The molecule has 0 amide bonds. The zero-order chi connectivity index (χ0) is 7.56. The maximum Gasteiger partial charge on any atom is 0.0218 e. The van der Waals surface area contributed by atoms with Gasteiger partial charge in [0.1, 0.15) is 0 Å². The molecule has 1 fully saturated rings. The van der Waals surface area contributed by atoms with Gasteiger partial charge >= 0.3 is 0 Å². The zero-order valence-corrected chi connectivity index (χ0v) is 9.67. The third kappa shape index (κ3) is 4.51. The van der Waals surface area contributed by atoms with Gasteiger partial charge in [0.2, 0.25) is 0 Å². The molecule has 1 N–H and O–H groups in total. The van der Waals surface area contributed by atoms with Crippen molar-refractivity contribution in [3.05, 3.63) is 0 Å². The van der Waals surface area contributed by atoms with Crippen LogP contribution in [0, 0.1) is 5.92 Å². The number of likely N-dealkylation sites (N-methyl/N-ethyl adjacent to an activating group) is 1. The van der Waals surface area contributed by atoms with E-state index < -0.39 is 0 Å². The summed E-state index contributed by atoms with van der Waals surface area (Å²) in [6.45, 7) is 8.11. The average molecular weight is 215 g/mol. The molecule has 0 aromatic carbocycles. The molecule has 4 heteroatoms. The minimum absolute atomic E-state index is 0. The third-order valence-electron chi connectivity index (χ3n) is 2.21. The Balaban J connectivity index is 0. The van der Waals surface area contributed by atoms with Crippen molar-refractivity contribution in [2.24, 2.45) is 5.92 Å². The van der Waals surface area contributed by atoms with Crippen LogP contribution in [-0.4, -0.2) is 37.6 Å². The quantitative estimate of drug-likeness (QED) is 0.711. The van der Waals surface area contributed by atoms with Gasteiger partial charge in [0, 0.05) is 25.7 Å². The van der Waals surface area contributed by atoms with Gasteiger partial charge in [0.25, 0.3) is 0 Å². The van der Waals surface area contributed by atoms with Crippen LogP contribution in [-0.2, 0) is 0 Å². The first-order chi connectivity index (χ1) is 4.70. The van der Waals surface area contributed by atoms with Crippen molar-refractivity contribution in [1.82, 2.24) is 10.2 Å². The summed E-state index contributed by atoms with van der Waals surface area (Å²) in [6, 6.07) is 0.707. The monoisotopic (exact) mass is 214 g/mol. The first-order valence-electron chi connectivity index (χ1n) is 4.12. The number of piperazine rings is 1. The molecule has 1 saturated heterocycles. The van der Waals surface area contributed by atoms with Crippen LogP contribution >= 0.6 is 24.8 Å². The van der Waals surface area contributed by atoms with Gasteiger partial charge in [-0.2, -0.15) is 0 Å². The summed E-state index contributed by atoms with van der Waals surface area (Å²) < 4.78 is 0. The van der Waals surface area contributed by atoms with Gasteiger partial charge in [-0.1, -0.05) is 13.8 Å². The molecule has 2 nitrogen and oxygen atoms in total. The van der Waals surface area contributed by atoms with Crippen LogP contribution in [0.2, 0.25) is 0 Å².